The molecule has 0 spiro atoms. The molecule has 0 saturated heterocycles. The molecule has 5 rings (SSSR count). The maximum atomic E-state index is 13.0. The number of nitrogens with zero attached hydrogens (tertiary/aromatic N) is 3. The van der Waals surface area contributed by atoms with Gasteiger partial charge in [0.25, 0.3) is 0 Å². The quantitative estimate of drug-likeness (QED) is 0.703. The third-order valence-corrected chi connectivity index (χ3v) is 5.90. The molecule has 0 bridgehead atoms. The molecular formula is C24H24N4O2. The first kappa shape index (κ1) is 18.7. The molecule has 2 aliphatic rings. The molecule has 152 valence electrons. The third kappa shape index (κ3) is 3.54. The number of aromatic nitrogens is 2. The summed E-state index contributed by atoms with van der Waals surface area (Å²) in [7, 11) is 0. The lowest BCUT2D eigenvalue weighted by atomic mass is 9.64. The van der Waals surface area contributed by atoms with Gasteiger partial charge in [-0.05, 0) is 23.8 Å². The number of Topliss-reactive ketones (excluding diaryl/α,β-unsaturated/α-hetero) is 1. The Labute approximate surface area is 175 Å². The SMILES string of the molecule is CC1(C)CC(c2nnc(N[C@H]3N=C(c4ccccc4)c4ccccc4CC3=O)o2)C1. The summed E-state index contributed by atoms with van der Waals surface area (Å²) >= 11 is 0. The van der Waals surface area contributed by atoms with E-state index in [2.05, 4.69) is 29.4 Å². The first-order valence-corrected chi connectivity index (χ1v) is 10.3. The summed E-state index contributed by atoms with van der Waals surface area (Å²) in [6.07, 6.45) is 1.58. The zero-order valence-electron chi connectivity index (χ0n) is 17.1. The van der Waals surface area contributed by atoms with Crippen molar-refractivity contribution in [3.8, 4) is 0 Å². The first-order valence-electron chi connectivity index (χ1n) is 10.3. The molecule has 1 fully saturated rings. The van der Waals surface area contributed by atoms with Gasteiger partial charge in [0.2, 0.25) is 5.89 Å². The maximum absolute atomic E-state index is 13.0. The minimum absolute atomic E-state index is 0.0297. The van der Waals surface area contributed by atoms with Gasteiger partial charge in [-0.1, -0.05) is 73.5 Å². The van der Waals surface area contributed by atoms with Crippen LogP contribution in [0, 0.1) is 5.41 Å². The number of hydrogen-bond acceptors (Lipinski definition) is 6. The Morgan fingerprint density at radius 1 is 1.00 bits per heavy atom. The number of nitrogens with one attached hydrogen (secondary N) is 1. The van der Waals surface area contributed by atoms with E-state index in [0.29, 0.717) is 23.6 Å². The van der Waals surface area contributed by atoms with E-state index in [9.17, 15) is 4.79 Å². The minimum Gasteiger partial charge on any atom is -0.408 e. The van der Waals surface area contributed by atoms with Crippen LogP contribution in [0.5, 0.6) is 0 Å². The Morgan fingerprint density at radius 2 is 1.73 bits per heavy atom. The van der Waals surface area contributed by atoms with Gasteiger partial charge in [-0.3, -0.25) is 9.79 Å². The maximum Gasteiger partial charge on any atom is 0.317 e. The average molecular weight is 400 g/mol. The van der Waals surface area contributed by atoms with Crippen LogP contribution in [-0.2, 0) is 11.2 Å². The van der Waals surface area contributed by atoms with Crippen molar-refractivity contribution in [1.82, 2.24) is 10.2 Å². The van der Waals surface area contributed by atoms with Crippen LogP contribution in [0.25, 0.3) is 0 Å². The number of hydrogen-bond donors (Lipinski definition) is 1. The summed E-state index contributed by atoms with van der Waals surface area (Å²) in [5.41, 5.74) is 4.02. The summed E-state index contributed by atoms with van der Waals surface area (Å²) < 4.78 is 5.84. The highest BCUT2D eigenvalue weighted by atomic mass is 16.4. The van der Waals surface area contributed by atoms with Crippen LogP contribution in [0.2, 0.25) is 0 Å². The number of carbonyl (C=O) groups excluding carboxylic acids is 1. The number of fused-ring (bicyclic) bond motifs is 1. The Morgan fingerprint density at radius 3 is 2.50 bits per heavy atom. The van der Waals surface area contributed by atoms with E-state index in [0.717, 1.165) is 35.2 Å². The third-order valence-electron chi connectivity index (χ3n) is 5.90. The molecule has 1 N–H and O–H groups in total. The van der Waals surface area contributed by atoms with Crippen molar-refractivity contribution < 1.29 is 9.21 Å². The topological polar surface area (TPSA) is 80.4 Å². The van der Waals surface area contributed by atoms with E-state index < -0.39 is 6.17 Å². The van der Waals surface area contributed by atoms with Gasteiger partial charge in [0.05, 0.1) is 5.71 Å². The molecule has 1 aromatic heterocycles. The van der Waals surface area contributed by atoms with Gasteiger partial charge < -0.3 is 9.73 Å². The zero-order valence-corrected chi connectivity index (χ0v) is 17.1. The van der Waals surface area contributed by atoms with Gasteiger partial charge in [0.1, 0.15) is 0 Å². The number of anilines is 1. The molecule has 2 aromatic carbocycles. The molecule has 6 heteroatoms. The molecular weight excluding hydrogens is 376 g/mol. The fourth-order valence-electron chi connectivity index (χ4n) is 4.42. The molecule has 0 radical (unpaired) electrons. The monoisotopic (exact) mass is 400 g/mol. The lowest BCUT2D eigenvalue weighted by Gasteiger charge is -2.40. The Kier molecular flexibility index (Phi) is 4.50. The molecule has 6 nitrogen and oxygen atoms in total. The van der Waals surface area contributed by atoms with Crippen molar-refractivity contribution in [3.05, 3.63) is 77.2 Å². The van der Waals surface area contributed by atoms with E-state index in [-0.39, 0.29) is 11.8 Å². The summed E-state index contributed by atoms with van der Waals surface area (Å²) in [6.45, 7) is 4.47. The second-order valence-electron chi connectivity index (χ2n) is 8.91. The van der Waals surface area contributed by atoms with Crippen LogP contribution in [0.15, 0.2) is 64.0 Å². The summed E-state index contributed by atoms with van der Waals surface area (Å²) in [6, 6.07) is 18.1. The number of aliphatic imine (C=N–C) groups is 1. The van der Waals surface area contributed by atoms with Crippen LogP contribution in [-0.4, -0.2) is 27.9 Å². The highest BCUT2D eigenvalue weighted by molar-refractivity contribution is 6.16. The van der Waals surface area contributed by atoms with Gasteiger partial charge in [-0.15, -0.1) is 5.10 Å². The van der Waals surface area contributed by atoms with Gasteiger partial charge >= 0.3 is 6.01 Å². The molecule has 30 heavy (non-hydrogen) atoms. The molecule has 1 saturated carbocycles. The first-order chi connectivity index (χ1) is 14.5. The van der Waals surface area contributed by atoms with Crippen LogP contribution >= 0.6 is 0 Å². The highest BCUT2D eigenvalue weighted by Crippen LogP contribution is 2.50. The molecule has 1 aliphatic carbocycles. The van der Waals surface area contributed by atoms with E-state index in [1.54, 1.807) is 0 Å². The largest absolute Gasteiger partial charge is 0.408 e. The van der Waals surface area contributed by atoms with Crippen molar-refractivity contribution in [1.29, 1.82) is 0 Å². The summed E-state index contributed by atoms with van der Waals surface area (Å²) in [5.74, 6) is 0.895. The smallest absolute Gasteiger partial charge is 0.317 e. The van der Waals surface area contributed by atoms with Crippen molar-refractivity contribution >= 4 is 17.5 Å². The van der Waals surface area contributed by atoms with Crippen LogP contribution in [0.3, 0.4) is 0 Å². The molecule has 2 heterocycles. The lowest BCUT2D eigenvalue weighted by molar-refractivity contribution is -0.119. The van der Waals surface area contributed by atoms with Crippen molar-refractivity contribution in [3.63, 3.8) is 0 Å². The van der Waals surface area contributed by atoms with Crippen LogP contribution in [0.4, 0.5) is 6.01 Å². The molecule has 0 amide bonds. The predicted molar refractivity (Wildman–Crippen MR) is 115 cm³/mol. The summed E-state index contributed by atoms with van der Waals surface area (Å²) in [4.78, 5) is 17.8. The molecule has 1 aliphatic heterocycles. The second kappa shape index (κ2) is 7.20. The van der Waals surface area contributed by atoms with Gasteiger partial charge in [0, 0.05) is 23.5 Å². The van der Waals surface area contributed by atoms with Gasteiger partial charge in [-0.25, -0.2) is 0 Å². The number of carbonyl (C=O) groups is 1. The van der Waals surface area contributed by atoms with E-state index in [4.69, 9.17) is 9.41 Å². The zero-order chi connectivity index (χ0) is 20.7. The van der Waals surface area contributed by atoms with Crippen molar-refractivity contribution in [2.75, 3.05) is 5.32 Å². The molecule has 1 atom stereocenters. The van der Waals surface area contributed by atoms with Crippen molar-refractivity contribution in [2.45, 2.75) is 45.2 Å². The van der Waals surface area contributed by atoms with Crippen LogP contribution in [0.1, 0.15) is 55.2 Å². The molecule has 3 aromatic rings. The number of benzene rings is 2. The van der Waals surface area contributed by atoms with Gasteiger partial charge in [0.15, 0.2) is 11.9 Å². The predicted octanol–water partition coefficient (Wildman–Crippen LogP) is 4.37. The Balaban J connectivity index is 1.45. The second-order valence-corrected chi connectivity index (χ2v) is 8.91. The fourth-order valence-corrected chi connectivity index (χ4v) is 4.42. The van der Waals surface area contributed by atoms with Crippen LogP contribution < -0.4 is 5.32 Å². The number of rotatable bonds is 4. The Hall–Kier alpha value is -3.28. The van der Waals surface area contributed by atoms with E-state index >= 15 is 0 Å². The number of ketones is 1. The lowest BCUT2D eigenvalue weighted by Crippen LogP contribution is -2.30. The van der Waals surface area contributed by atoms with Gasteiger partial charge in [-0.2, -0.15) is 0 Å². The average Bonchev–Trinajstić information content (AvgIpc) is 3.13. The fraction of sp³-hybridized carbons (Fsp3) is 0.333. The van der Waals surface area contributed by atoms with Crippen molar-refractivity contribution in [2.24, 2.45) is 10.4 Å². The standard InChI is InChI=1S/C24H24N4O2/c1-24(2)13-17(14-24)22-27-28-23(30-22)26-21-19(29)12-16-10-6-7-11-18(16)20(25-21)15-8-4-3-5-9-15/h3-11,17,21H,12-14H2,1-2H3,(H,26,28)/t21-/m1/s1. The van der Waals surface area contributed by atoms with E-state index in [1.165, 1.54) is 0 Å². The normalized spacial score (nSPS) is 20.7. The minimum atomic E-state index is -0.779. The Bertz CT molecular complexity index is 1110. The summed E-state index contributed by atoms with van der Waals surface area (Å²) in [5, 5.41) is 11.4. The molecule has 0 unspecified atom stereocenters. The van der Waals surface area contributed by atoms with E-state index in [1.807, 2.05) is 54.6 Å². The highest BCUT2D eigenvalue weighted by Gasteiger charge is 2.40.